The largest absolute Gasteiger partial charge is 0.338 e. The number of imidazole rings is 1. The van der Waals surface area contributed by atoms with Crippen molar-refractivity contribution in [3.8, 4) is 28.6 Å². The highest BCUT2D eigenvalue weighted by Gasteiger charge is 2.11. The molecule has 0 aliphatic carbocycles. The number of fused-ring (bicyclic) bond motifs is 1. The van der Waals surface area contributed by atoms with Crippen LogP contribution in [0.15, 0.2) is 59.8 Å². The first-order valence-corrected chi connectivity index (χ1v) is 7.28. The van der Waals surface area contributed by atoms with E-state index in [2.05, 4.69) is 26.0 Å². The number of nitrogens with zero attached hydrogens (tertiary/aromatic N) is 3. The van der Waals surface area contributed by atoms with Gasteiger partial charge in [-0.3, -0.25) is 9.78 Å². The van der Waals surface area contributed by atoms with Gasteiger partial charge >= 0.3 is 0 Å². The summed E-state index contributed by atoms with van der Waals surface area (Å²) in [5.41, 5.74) is 3.99. The summed E-state index contributed by atoms with van der Waals surface area (Å²) in [5, 5.41) is 8.98. The van der Waals surface area contributed by atoms with Crippen LogP contribution in [0, 0.1) is 11.3 Å². The molecule has 0 amide bonds. The fourth-order valence-electron chi connectivity index (χ4n) is 2.58. The maximum absolute atomic E-state index is 12.2. The second-order valence-corrected chi connectivity index (χ2v) is 5.30. The van der Waals surface area contributed by atoms with Crippen LogP contribution in [0.5, 0.6) is 0 Å². The summed E-state index contributed by atoms with van der Waals surface area (Å²) >= 11 is 0. The Morgan fingerprint density at radius 1 is 1.04 bits per heavy atom. The summed E-state index contributed by atoms with van der Waals surface area (Å²) in [7, 11) is 0. The van der Waals surface area contributed by atoms with E-state index in [-0.39, 0.29) is 5.56 Å². The predicted molar refractivity (Wildman–Crippen MR) is 90.1 cm³/mol. The van der Waals surface area contributed by atoms with Gasteiger partial charge in [0.1, 0.15) is 5.82 Å². The van der Waals surface area contributed by atoms with Crippen LogP contribution in [-0.2, 0) is 0 Å². The topological polar surface area (TPSA) is 98.2 Å². The number of rotatable bonds is 2. The average Bonchev–Trinajstić information content (AvgIpc) is 3.05. The number of nitrogens with one attached hydrogen (secondary N) is 2. The van der Waals surface area contributed by atoms with E-state index in [1.807, 2.05) is 12.1 Å². The van der Waals surface area contributed by atoms with E-state index in [4.69, 9.17) is 5.26 Å². The molecule has 0 bridgehead atoms. The van der Waals surface area contributed by atoms with Crippen LogP contribution in [0.4, 0.5) is 0 Å². The highest BCUT2D eigenvalue weighted by Crippen LogP contribution is 2.23. The highest BCUT2D eigenvalue weighted by molar-refractivity contribution is 5.81. The minimum atomic E-state index is -0.229. The molecular weight excluding hydrogens is 302 g/mol. The van der Waals surface area contributed by atoms with Gasteiger partial charge in [0.05, 0.1) is 28.2 Å². The molecule has 0 saturated heterocycles. The van der Waals surface area contributed by atoms with Crippen molar-refractivity contribution in [2.45, 2.75) is 0 Å². The van der Waals surface area contributed by atoms with E-state index >= 15 is 0 Å². The number of hydrogen-bond donors (Lipinski definition) is 2. The highest BCUT2D eigenvalue weighted by atomic mass is 16.1. The Balaban J connectivity index is 1.87. The van der Waals surface area contributed by atoms with Crippen LogP contribution in [0.25, 0.3) is 33.5 Å². The second kappa shape index (κ2) is 5.48. The monoisotopic (exact) mass is 313 g/mol. The molecule has 1 aromatic carbocycles. The molecule has 114 valence electrons. The third kappa shape index (κ3) is 2.34. The molecule has 0 aliphatic rings. The van der Waals surface area contributed by atoms with Crippen molar-refractivity contribution < 1.29 is 0 Å². The predicted octanol–water partition coefficient (Wildman–Crippen LogP) is 2.85. The normalized spacial score (nSPS) is 10.6. The summed E-state index contributed by atoms with van der Waals surface area (Å²) in [6.07, 6.45) is 5.06. The van der Waals surface area contributed by atoms with Crippen molar-refractivity contribution in [2.24, 2.45) is 0 Å². The molecule has 0 aliphatic heterocycles. The van der Waals surface area contributed by atoms with Gasteiger partial charge in [0.25, 0.3) is 5.56 Å². The molecule has 3 aromatic heterocycles. The van der Waals surface area contributed by atoms with Crippen molar-refractivity contribution in [2.75, 3.05) is 0 Å². The molecular formula is C18H11N5O. The smallest absolute Gasteiger partial charge is 0.259 e. The molecule has 4 aromatic rings. The van der Waals surface area contributed by atoms with Gasteiger partial charge in [0.15, 0.2) is 0 Å². The fourth-order valence-corrected chi connectivity index (χ4v) is 2.58. The average molecular weight is 313 g/mol. The van der Waals surface area contributed by atoms with Crippen LogP contribution in [-0.4, -0.2) is 19.9 Å². The zero-order valence-corrected chi connectivity index (χ0v) is 12.4. The number of aromatic nitrogens is 4. The van der Waals surface area contributed by atoms with E-state index in [1.165, 1.54) is 0 Å². The number of hydrogen-bond acceptors (Lipinski definition) is 4. The van der Waals surface area contributed by atoms with Gasteiger partial charge in [-0.15, -0.1) is 0 Å². The summed E-state index contributed by atoms with van der Waals surface area (Å²) in [5.74, 6) is 0.470. The second-order valence-electron chi connectivity index (χ2n) is 5.30. The number of nitriles is 1. The molecule has 4 rings (SSSR count). The summed E-state index contributed by atoms with van der Waals surface area (Å²) in [6.45, 7) is 0. The van der Waals surface area contributed by atoms with Gasteiger partial charge in [0, 0.05) is 18.6 Å². The first-order valence-electron chi connectivity index (χ1n) is 7.28. The van der Waals surface area contributed by atoms with E-state index < -0.39 is 0 Å². The Hall–Kier alpha value is -3.72. The lowest BCUT2D eigenvalue weighted by molar-refractivity contribution is 1.21. The molecule has 24 heavy (non-hydrogen) atoms. The molecule has 0 atom stereocenters. The van der Waals surface area contributed by atoms with E-state index in [0.29, 0.717) is 22.5 Å². The van der Waals surface area contributed by atoms with Crippen LogP contribution in [0.2, 0.25) is 0 Å². The zero-order chi connectivity index (χ0) is 16.5. The quantitative estimate of drug-likeness (QED) is 0.594. The van der Waals surface area contributed by atoms with Crippen LogP contribution in [0.3, 0.4) is 0 Å². The molecule has 6 nitrogen and oxygen atoms in total. The Bertz CT molecular complexity index is 1140. The van der Waals surface area contributed by atoms with Gasteiger partial charge in [-0.2, -0.15) is 5.26 Å². The van der Waals surface area contributed by atoms with Gasteiger partial charge in [0.2, 0.25) is 0 Å². The third-order valence-corrected chi connectivity index (χ3v) is 3.78. The van der Waals surface area contributed by atoms with Crippen LogP contribution in [0.1, 0.15) is 5.56 Å². The lowest BCUT2D eigenvalue weighted by Gasteiger charge is -2.02. The SMILES string of the molecule is N#Cc1ccc2nc(-c3cc(-c4ccncc4)c[nH]c3=O)[nH]c2c1. The van der Waals surface area contributed by atoms with Crippen LogP contribution < -0.4 is 5.56 Å². The Labute approximate surface area is 136 Å². The summed E-state index contributed by atoms with van der Waals surface area (Å²) in [4.78, 5) is 26.5. The minimum Gasteiger partial charge on any atom is -0.338 e. The fraction of sp³-hybridized carbons (Fsp3) is 0. The summed E-state index contributed by atoms with van der Waals surface area (Å²) in [6, 6.07) is 12.8. The number of pyridine rings is 2. The lowest BCUT2D eigenvalue weighted by atomic mass is 10.1. The van der Waals surface area contributed by atoms with E-state index in [0.717, 1.165) is 16.6 Å². The van der Waals surface area contributed by atoms with Gasteiger partial charge < -0.3 is 9.97 Å². The first kappa shape index (κ1) is 13.9. The van der Waals surface area contributed by atoms with Crippen molar-refractivity contribution in [1.82, 2.24) is 19.9 Å². The molecule has 0 radical (unpaired) electrons. The Morgan fingerprint density at radius 2 is 1.88 bits per heavy atom. The Morgan fingerprint density at radius 3 is 2.67 bits per heavy atom. The number of aromatic amines is 2. The molecule has 0 spiro atoms. The number of H-pyrrole nitrogens is 2. The zero-order valence-electron chi connectivity index (χ0n) is 12.4. The van der Waals surface area contributed by atoms with Gasteiger partial charge in [-0.1, -0.05) is 0 Å². The molecule has 3 heterocycles. The Kier molecular flexibility index (Phi) is 3.18. The van der Waals surface area contributed by atoms with Gasteiger partial charge in [-0.25, -0.2) is 4.98 Å². The third-order valence-electron chi connectivity index (χ3n) is 3.78. The maximum atomic E-state index is 12.2. The number of benzene rings is 1. The molecule has 2 N–H and O–H groups in total. The van der Waals surface area contributed by atoms with E-state index in [1.54, 1.807) is 42.9 Å². The van der Waals surface area contributed by atoms with E-state index in [9.17, 15) is 4.79 Å². The first-order chi connectivity index (χ1) is 11.7. The van der Waals surface area contributed by atoms with Crippen molar-refractivity contribution in [1.29, 1.82) is 5.26 Å². The van der Waals surface area contributed by atoms with Crippen molar-refractivity contribution in [3.05, 3.63) is 70.9 Å². The van der Waals surface area contributed by atoms with Crippen LogP contribution >= 0.6 is 0 Å². The molecule has 0 fully saturated rings. The maximum Gasteiger partial charge on any atom is 0.259 e. The summed E-state index contributed by atoms with van der Waals surface area (Å²) < 4.78 is 0. The molecule has 0 unspecified atom stereocenters. The standard InChI is InChI=1S/C18H11N5O/c19-9-11-1-2-15-16(7-11)23-17(22-15)14-8-13(10-21-18(14)24)12-3-5-20-6-4-12/h1-8,10H,(H,21,24)(H,22,23). The van der Waals surface area contributed by atoms with Gasteiger partial charge in [-0.05, 0) is 47.5 Å². The lowest BCUT2D eigenvalue weighted by Crippen LogP contribution is -2.09. The minimum absolute atomic E-state index is 0.229. The molecule has 0 saturated carbocycles. The molecule has 6 heteroatoms. The van der Waals surface area contributed by atoms with Crippen molar-refractivity contribution in [3.63, 3.8) is 0 Å². The van der Waals surface area contributed by atoms with Crippen molar-refractivity contribution >= 4 is 11.0 Å².